The Labute approximate surface area is 199 Å². The van der Waals surface area contributed by atoms with E-state index in [2.05, 4.69) is 60.3 Å². The molecule has 1 fully saturated rings. The zero-order valence-corrected chi connectivity index (χ0v) is 21.3. The average Bonchev–Trinajstić information content (AvgIpc) is 2.70. The van der Waals surface area contributed by atoms with Gasteiger partial charge in [-0.15, -0.1) is 24.0 Å². The molecule has 8 heteroatoms. The smallest absolute Gasteiger partial charge is 0.191 e. The first-order valence-electron chi connectivity index (χ1n) is 11.0. The molecule has 0 spiro atoms. The standard InChI is InChI=1S/C22H39N5O2.HI/c1-5-23-22(25-13-19(8-10-28)12-17(2)3)26-15-20-6-7-21(24-14-20)27-9-11-29-18(4)16-27;/h6-7,14,17-19,28H,5,8-13,15-16H2,1-4H3,(H2,23,25,26);1H. The van der Waals surface area contributed by atoms with Gasteiger partial charge in [0.25, 0.3) is 0 Å². The van der Waals surface area contributed by atoms with Gasteiger partial charge in [0, 0.05) is 39.0 Å². The lowest BCUT2D eigenvalue weighted by Crippen LogP contribution is -2.41. The van der Waals surface area contributed by atoms with E-state index in [1.165, 1.54) is 0 Å². The van der Waals surface area contributed by atoms with Gasteiger partial charge in [-0.2, -0.15) is 0 Å². The molecule has 1 aliphatic rings. The number of ether oxygens (including phenoxy) is 1. The molecule has 0 amide bonds. The van der Waals surface area contributed by atoms with Crippen molar-refractivity contribution in [3.63, 3.8) is 0 Å². The fourth-order valence-electron chi connectivity index (χ4n) is 3.63. The highest BCUT2D eigenvalue weighted by atomic mass is 127. The van der Waals surface area contributed by atoms with Crippen LogP contribution in [0.15, 0.2) is 23.3 Å². The number of halogens is 1. The van der Waals surface area contributed by atoms with Gasteiger partial charge < -0.3 is 25.4 Å². The third kappa shape index (κ3) is 9.78. The van der Waals surface area contributed by atoms with Gasteiger partial charge in [0.1, 0.15) is 5.82 Å². The second kappa shape index (κ2) is 14.8. The van der Waals surface area contributed by atoms with Crippen molar-refractivity contribution >= 4 is 35.8 Å². The number of aliphatic hydroxyl groups excluding tert-OH is 1. The molecule has 2 rings (SSSR count). The lowest BCUT2D eigenvalue weighted by atomic mass is 9.94. The maximum Gasteiger partial charge on any atom is 0.191 e. The van der Waals surface area contributed by atoms with Crippen LogP contribution in [-0.2, 0) is 11.3 Å². The molecular formula is C22H40IN5O2. The average molecular weight is 533 g/mol. The number of nitrogens with zero attached hydrogens (tertiary/aromatic N) is 3. The minimum absolute atomic E-state index is 0. The number of aliphatic hydroxyl groups is 1. The Bertz CT molecular complexity index is 612. The van der Waals surface area contributed by atoms with Crippen molar-refractivity contribution in [2.75, 3.05) is 44.3 Å². The van der Waals surface area contributed by atoms with Crippen LogP contribution in [0.25, 0.3) is 0 Å². The first-order chi connectivity index (χ1) is 14.0. The topological polar surface area (TPSA) is 82.0 Å². The van der Waals surface area contributed by atoms with E-state index in [4.69, 9.17) is 9.73 Å². The monoisotopic (exact) mass is 533 g/mol. The molecule has 7 nitrogen and oxygen atoms in total. The Morgan fingerprint density at radius 1 is 1.37 bits per heavy atom. The van der Waals surface area contributed by atoms with Crippen molar-refractivity contribution in [1.29, 1.82) is 0 Å². The maximum absolute atomic E-state index is 9.31. The van der Waals surface area contributed by atoms with Crippen LogP contribution in [0, 0.1) is 11.8 Å². The molecule has 2 unspecified atom stereocenters. The molecule has 1 aliphatic heterocycles. The number of aromatic nitrogens is 1. The van der Waals surface area contributed by atoms with Gasteiger partial charge in [-0.05, 0) is 50.2 Å². The Morgan fingerprint density at radius 3 is 2.77 bits per heavy atom. The van der Waals surface area contributed by atoms with Crippen LogP contribution in [0.4, 0.5) is 5.82 Å². The molecule has 2 atom stereocenters. The van der Waals surface area contributed by atoms with Gasteiger partial charge >= 0.3 is 0 Å². The highest BCUT2D eigenvalue weighted by molar-refractivity contribution is 14.0. The normalized spacial score (nSPS) is 18.1. The van der Waals surface area contributed by atoms with Crippen LogP contribution in [0.1, 0.15) is 46.1 Å². The molecule has 172 valence electrons. The van der Waals surface area contributed by atoms with Gasteiger partial charge in [0.2, 0.25) is 0 Å². The molecule has 0 bridgehead atoms. The summed E-state index contributed by atoms with van der Waals surface area (Å²) in [4.78, 5) is 11.6. The molecule has 30 heavy (non-hydrogen) atoms. The van der Waals surface area contributed by atoms with E-state index in [1.807, 2.05) is 6.20 Å². The summed E-state index contributed by atoms with van der Waals surface area (Å²) in [6, 6.07) is 4.17. The number of anilines is 1. The Hall–Kier alpha value is -1.13. The number of morpholine rings is 1. The molecule has 0 saturated carbocycles. The van der Waals surface area contributed by atoms with Crippen LogP contribution in [0.5, 0.6) is 0 Å². The number of rotatable bonds is 10. The molecule has 2 heterocycles. The number of nitrogens with one attached hydrogen (secondary N) is 2. The summed E-state index contributed by atoms with van der Waals surface area (Å²) < 4.78 is 5.60. The third-order valence-corrected chi connectivity index (χ3v) is 5.04. The van der Waals surface area contributed by atoms with E-state index in [-0.39, 0.29) is 36.7 Å². The van der Waals surface area contributed by atoms with E-state index in [9.17, 15) is 5.11 Å². The molecule has 1 saturated heterocycles. The number of pyridine rings is 1. The lowest BCUT2D eigenvalue weighted by Gasteiger charge is -2.32. The second-order valence-electron chi connectivity index (χ2n) is 8.24. The molecule has 0 aliphatic carbocycles. The zero-order valence-electron chi connectivity index (χ0n) is 18.9. The van der Waals surface area contributed by atoms with Crippen LogP contribution >= 0.6 is 24.0 Å². The Kier molecular flexibility index (Phi) is 13.3. The molecule has 1 aromatic heterocycles. The summed E-state index contributed by atoms with van der Waals surface area (Å²) in [6.45, 7) is 13.6. The van der Waals surface area contributed by atoms with Crippen LogP contribution in [0.2, 0.25) is 0 Å². The summed E-state index contributed by atoms with van der Waals surface area (Å²) >= 11 is 0. The van der Waals surface area contributed by atoms with Crippen molar-refractivity contribution in [1.82, 2.24) is 15.6 Å². The predicted molar refractivity (Wildman–Crippen MR) is 135 cm³/mol. The van der Waals surface area contributed by atoms with Gasteiger partial charge in [-0.25, -0.2) is 9.98 Å². The molecular weight excluding hydrogens is 493 g/mol. The first-order valence-corrected chi connectivity index (χ1v) is 11.0. The highest BCUT2D eigenvalue weighted by Gasteiger charge is 2.17. The predicted octanol–water partition coefficient (Wildman–Crippen LogP) is 3.02. The van der Waals surface area contributed by atoms with Gasteiger partial charge in [0.05, 0.1) is 19.3 Å². The summed E-state index contributed by atoms with van der Waals surface area (Å²) in [6.07, 6.45) is 4.07. The van der Waals surface area contributed by atoms with Crippen molar-refractivity contribution < 1.29 is 9.84 Å². The van der Waals surface area contributed by atoms with Crippen LogP contribution in [0.3, 0.4) is 0 Å². The van der Waals surface area contributed by atoms with Gasteiger partial charge in [-0.3, -0.25) is 0 Å². The second-order valence-corrected chi connectivity index (χ2v) is 8.24. The fraction of sp³-hybridized carbons (Fsp3) is 0.727. The minimum Gasteiger partial charge on any atom is -0.396 e. The molecule has 0 aromatic carbocycles. The van der Waals surface area contributed by atoms with Crippen molar-refractivity contribution in [2.45, 2.75) is 53.2 Å². The summed E-state index contributed by atoms with van der Waals surface area (Å²) in [5.41, 5.74) is 1.08. The van der Waals surface area contributed by atoms with Crippen molar-refractivity contribution in [2.24, 2.45) is 16.8 Å². The highest BCUT2D eigenvalue weighted by Crippen LogP contribution is 2.16. The largest absolute Gasteiger partial charge is 0.396 e. The van der Waals surface area contributed by atoms with Crippen LogP contribution in [-0.4, -0.2) is 61.5 Å². The zero-order chi connectivity index (χ0) is 21.1. The molecule has 1 aromatic rings. The summed E-state index contributed by atoms with van der Waals surface area (Å²) in [5.74, 6) is 2.87. The SMILES string of the molecule is CCNC(=NCc1ccc(N2CCOC(C)C2)nc1)NCC(CCO)CC(C)C.I. The van der Waals surface area contributed by atoms with E-state index in [0.717, 1.165) is 63.0 Å². The van der Waals surface area contributed by atoms with E-state index >= 15 is 0 Å². The minimum atomic E-state index is 0. The third-order valence-electron chi connectivity index (χ3n) is 5.04. The van der Waals surface area contributed by atoms with E-state index in [1.54, 1.807) is 0 Å². The quantitative estimate of drug-likeness (QED) is 0.244. The van der Waals surface area contributed by atoms with Gasteiger partial charge in [0.15, 0.2) is 5.96 Å². The number of hydrogen-bond donors (Lipinski definition) is 3. The summed E-state index contributed by atoms with van der Waals surface area (Å²) in [5, 5.41) is 16.1. The van der Waals surface area contributed by atoms with Crippen molar-refractivity contribution in [3.8, 4) is 0 Å². The number of hydrogen-bond acceptors (Lipinski definition) is 5. The lowest BCUT2D eigenvalue weighted by molar-refractivity contribution is 0.0529. The molecule has 3 N–H and O–H groups in total. The Morgan fingerprint density at radius 2 is 2.17 bits per heavy atom. The number of aliphatic imine (C=N–C) groups is 1. The fourth-order valence-corrected chi connectivity index (χ4v) is 3.63. The summed E-state index contributed by atoms with van der Waals surface area (Å²) in [7, 11) is 0. The van der Waals surface area contributed by atoms with E-state index in [0.29, 0.717) is 18.4 Å². The number of guanidine groups is 1. The molecule has 0 radical (unpaired) electrons. The van der Waals surface area contributed by atoms with E-state index < -0.39 is 0 Å². The maximum atomic E-state index is 9.31. The Balaban J connectivity index is 0.00000450. The van der Waals surface area contributed by atoms with Gasteiger partial charge in [-0.1, -0.05) is 19.9 Å². The van der Waals surface area contributed by atoms with Crippen LogP contribution < -0.4 is 15.5 Å². The first kappa shape index (κ1) is 26.9. The van der Waals surface area contributed by atoms with Crippen molar-refractivity contribution in [3.05, 3.63) is 23.9 Å².